The lowest BCUT2D eigenvalue weighted by Gasteiger charge is -2.61. The van der Waals surface area contributed by atoms with Gasteiger partial charge in [-0.25, -0.2) is 4.79 Å². The largest absolute Gasteiger partial charge is 0.481 e. The molecule has 0 aromatic carbocycles. The summed E-state index contributed by atoms with van der Waals surface area (Å²) in [4.78, 5) is 25.1. The van der Waals surface area contributed by atoms with Gasteiger partial charge >= 0.3 is 12.0 Å². The molecule has 0 radical (unpaired) electrons. The number of hydrogen-bond donors (Lipinski definition) is 2. The number of nitrogens with zero attached hydrogens (tertiary/aromatic N) is 1. The summed E-state index contributed by atoms with van der Waals surface area (Å²) in [5.74, 6) is -1.04. The van der Waals surface area contributed by atoms with E-state index in [1.807, 2.05) is 6.92 Å². The Morgan fingerprint density at radius 1 is 1.32 bits per heavy atom. The smallest absolute Gasteiger partial charge is 0.317 e. The number of piperidine rings is 1. The summed E-state index contributed by atoms with van der Waals surface area (Å²) >= 11 is 0. The lowest BCUT2D eigenvalue weighted by atomic mass is 9.51. The van der Waals surface area contributed by atoms with Crippen molar-refractivity contribution in [1.29, 1.82) is 0 Å². The summed E-state index contributed by atoms with van der Waals surface area (Å²) < 4.78 is 5.80. The lowest BCUT2D eigenvalue weighted by molar-refractivity contribution is -0.170. The van der Waals surface area contributed by atoms with E-state index < -0.39 is 5.97 Å². The van der Waals surface area contributed by atoms with E-state index in [2.05, 4.69) is 5.32 Å². The number of ether oxygens (including phenoxy) is 1. The van der Waals surface area contributed by atoms with Crippen molar-refractivity contribution in [1.82, 2.24) is 10.2 Å². The summed E-state index contributed by atoms with van der Waals surface area (Å²) in [6.45, 7) is 3.83. The SMILES string of the molecule is CCOC1CC(NC(=O)N2CCC(C(=O)O)CC2)C12CCC2. The molecular weight excluding hydrogens is 284 g/mol. The van der Waals surface area contributed by atoms with Crippen LogP contribution in [0.15, 0.2) is 0 Å². The second kappa shape index (κ2) is 6.07. The van der Waals surface area contributed by atoms with Crippen LogP contribution in [0.1, 0.15) is 45.4 Å². The van der Waals surface area contributed by atoms with E-state index in [0.717, 1.165) is 25.9 Å². The van der Waals surface area contributed by atoms with Crippen LogP contribution in [0, 0.1) is 11.3 Å². The number of carboxylic acid groups (broad SMARTS) is 1. The van der Waals surface area contributed by atoms with Gasteiger partial charge in [0.2, 0.25) is 0 Å². The van der Waals surface area contributed by atoms with Gasteiger partial charge in [0.25, 0.3) is 0 Å². The summed E-state index contributed by atoms with van der Waals surface area (Å²) in [7, 11) is 0. The molecule has 3 aliphatic rings. The van der Waals surface area contributed by atoms with Crippen molar-refractivity contribution >= 4 is 12.0 Å². The molecule has 6 heteroatoms. The van der Waals surface area contributed by atoms with Gasteiger partial charge in [0.15, 0.2) is 0 Å². The minimum absolute atomic E-state index is 0.0323. The van der Waals surface area contributed by atoms with Crippen LogP contribution in [-0.4, -0.2) is 53.8 Å². The number of aliphatic carboxylic acids is 1. The summed E-state index contributed by atoms with van der Waals surface area (Å²) in [5, 5.41) is 12.2. The van der Waals surface area contributed by atoms with Crippen molar-refractivity contribution in [2.45, 2.75) is 57.6 Å². The van der Waals surface area contributed by atoms with Crippen molar-refractivity contribution < 1.29 is 19.4 Å². The van der Waals surface area contributed by atoms with Crippen LogP contribution in [0.4, 0.5) is 4.79 Å². The fourth-order valence-corrected chi connectivity index (χ4v) is 4.21. The molecule has 3 rings (SSSR count). The maximum absolute atomic E-state index is 12.4. The fourth-order valence-electron chi connectivity index (χ4n) is 4.21. The van der Waals surface area contributed by atoms with Crippen LogP contribution in [0.3, 0.4) is 0 Å². The summed E-state index contributed by atoms with van der Waals surface area (Å²) in [6, 6.07) is 0.192. The van der Waals surface area contributed by atoms with Gasteiger partial charge < -0.3 is 20.1 Å². The first-order valence-corrected chi connectivity index (χ1v) is 8.46. The predicted molar refractivity (Wildman–Crippen MR) is 80.6 cm³/mol. The first-order valence-electron chi connectivity index (χ1n) is 8.46. The molecule has 0 aromatic rings. The van der Waals surface area contributed by atoms with Crippen molar-refractivity contribution in [2.24, 2.45) is 11.3 Å². The number of nitrogens with one attached hydrogen (secondary N) is 1. The van der Waals surface area contributed by atoms with Gasteiger partial charge in [-0.1, -0.05) is 6.42 Å². The van der Waals surface area contributed by atoms with Gasteiger partial charge in [-0.3, -0.25) is 4.79 Å². The minimum Gasteiger partial charge on any atom is -0.481 e. The number of amides is 2. The molecule has 0 aromatic heterocycles. The van der Waals surface area contributed by atoms with Crippen LogP contribution in [0.2, 0.25) is 0 Å². The van der Waals surface area contributed by atoms with E-state index in [1.54, 1.807) is 4.90 Å². The third-order valence-electron chi connectivity index (χ3n) is 5.87. The number of rotatable bonds is 4. The van der Waals surface area contributed by atoms with Gasteiger partial charge in [-0.2, -0.15) is 0 Å². The maximum atomic E-state index is 12.4. The normalized spacial score (nSPS) is 30.5. The van der Waals surface area contributed by atoms with E-state index in [9.17, 15) is 9.59 Å². The predicted octanol–water partition coefficient (Wildman–Crippen LogP) is 1.84. The average molecular weight is 310 g/mol. The van der Waals surface area contributed by atoms with Gasteiger partial charge in [-0.05, 0) is 39.0 Å². The highest BCUT2D eigenvalue weighted by Gasteiger charge is 2.59. The second-order valence-electron chi connectivity index (χ2n) is 6.87. The third-order valence-corrected chi connectivity index (χ3v) is 5.87. The van der Waals surface area contributed by atoms with E-state index >= 15 is 0 Å². The molecular formula is C16H26N2O4. The van der Waals surface area contributed by atoms with E-state index in [4.69, 9.17) is 9.84 Å². The van der Waals surface area contributed by atoms with Gasteiger partial charge in [0.05, 0.1) is 12.0 Å². The Kier molecular flexibility index (Phi) is 4.30. The molecule has 3 fully saturated rings. The molecule has 2 N–H and O–H groups in total. The van der Waals surface area contributed by atoms with Gasteiger partial charge in [-0.15, -0.1) is 0 Å². The van der Waals surface area contributed by atoms with Crippen molar-refractivity contribution in [3.8, 4) is 0 Å². The van der Waals surface area contributed by atoms with Crippen LogP contribution in [-0.2, 0) is 9.53 Å². The standard InChI is InChI=1S/C16H26N2O4/c1-2-22-13-10-12(16(13)6-3-7-16)17-15(21)18-8-4-11(5-9-18)14(19)20/h11-13H,2-10H2,1H3,(H,17,21)(H,19,20). The monoisotopic (exact) mass is 310 g/mol. The van der Waals surface area contributed by atoms with Gasteiger partial charge in [0, 0.05) is 31.2 Å². The third kappa shape index (κ3) is 2.57. The number of hydrogen-bond acceptors (Lipinski definition) is 3. The maximum Gasteiger partial charge on any atom is 0.317 e. The zero-order valence-corrected chi connectivity index (χ0v) is 13.2. The Morgan fingerprint density at radius 3 is 2.50 bits per heavy atom. The molecule has 1 heterocycles. The lowest BCUT2D eigenvalue weighted by Crippen LogP contribution is -2.68. The zero-order chi connectivity index (χ0) is 15.7. The van der Waals surface area contributed by atoms with Crippen molar-refractivity contribution in [3.63, 3.8) is 0 Å². The number of carboxylic acids is 1. The molecule has 0 bridgehead atoms. The van der Waals surface area contributed by atoms with Crippen LogP contribution in [0.5, 0.6) is 0 Å². The van der Waals surface area contributed by atoms with E-state index in [0.29, 0.717) is 32.0 Å². The molecule has 124 valence electrons. The number of carbonyl (C=O) groups is 2. The Hall–Kier alpha value is -1.30. The highest BCUT2D eigenvalue weighted by Crippen LogP contribution is 2.57. The molecule has 6 nitrogen and oxygen atoms in total. The Morgan fingerprint density at radius 2 is 2.00 bits per heavy atom. The highest BCUT2D eigenvalue weighted by molar-refractivity contribution is 5.76. The van der Waals surface area contributed by atoms with Gasteiger partial charge in [0.1, 0.15) is 0 Å². The molecule has 1 aliphatic heterocycles. The van der Waals surface area contributed by atoms with Crippen LogP contribution < -0.4 is 5.32 Å². The summed E-state index contributed by atoms with van der Waals surface area (Å²) in [6.07, 6.45) is 5.83. The van der Waals surface area contributed by atoms with E-state index in [1.165, 1.54) is 6.42 Å². The fraction of sp³-hybridized carbons (Fsp3) is 0.875. The highest BCUT2D eigenvalue weighted by atomic mass is 16.5. The molecule has 1 spiro atoms. The molecule has 2 saturated carbocycles. The summed E-state index contributed by atoms with van der Waals surface area (Å²) in [5.41, 5.74) is 0.172. The zero-order valence-electron chi connectivity index (χ0n) is 13.2. The van der Waals surface area contributed by atoms with Crippen molar-refractivity contribution in [2.75, 3.05) is 19.7 Å². The van der Waals surface area contributed by atoms with Crippen molar-refractivity contribution in [3.05, 3.63) is 0 Å². The molecule has 2 amide bonds. The quantitative estimate of drug-likeness (QED) is 0.830. The first kappa shape index (κ1) is 15.6. The molecule has 22 heavy (non-hydrogen) atoms. The first-order chi connectivity index (χ1) is 10.6. The molecule has 2 aliphatic carbocycles. The minimum atomic E-state index is -0.743. The average Bonchev–Trinajstić information content (AvgIpc) is 2.44. The molecule has 2 atom stereocenters. The van der Waals surface area contributed by atoms with Crippen LogP contribution >= 0.6 is 0 Å². The Labute approximate surface area is 131 Å². The Balaban J connectivity index is 1.50. The topological polar surface area (TPSA) is 78.9 Å². The Bertz CT molecular complexity index is 441. The van der Waals surface area contributed by atoms with E-state index in [-0.39, 0.29) is 23.4 Å². The molecule has 1 saturated heterocycles. The number of carbonyl (C=O) groups excluding carboxylic acids is 1. The van der Waals surface area contributed by atoms with Crippen LogP contribution in [0.25, 0.3) is 0 Å². The second-order valence-corrected chi connectivity index (χ2v) is 6.87. The number of urea groups is 1. The number of likely N-dealkylation sites (tertiary alicyclic amines) is 1. The molecule has 2 unspecified atom stereocenters.